The molecule has 0 spiro atoms. The number of carboxylic acid groups (broad SMARTS) is 1. The van der Waals surface area contributed by atoms with Crippen molar-refractivity contribution in [2.45, 2.75) is 26.2 Å². The summed E-state index contributed by atoms with van der Waals surface area (Å²) in [7, 11) is 0. The van der Waals surface area contributed by atoms with Crippen LogP contribution in [0.15, 0.2) is 34.5 Å². The Kier molecular flexibility index (Phi) is 5.96. The van der Waals surface area contributed by atoms with E-state index in [2.05, 4.69) is 11.9 Å². The maximum atomic E-state index is 13.5. The molecule has 1 aromatic heterocycles. The summed E-state index contributed by atoms with van der Waals surface area (Å²) in [5, 5.41) is 10.4. The van der Waals surface area contributed by atoms with E-state index in [1.807, 2.05) is 5.32 Å². The zero-order chi connectivity index (χ0) is 16.7. The highest BCUT2D eigenvalue weighted by Gasteiger charge is 2.07. The molecule has 0 aliphatic rings. The molecule has 6 nitrogen and oxygen atoms in total. The third-order valence-electron chi connectivity index (χ3n) is 3.10. The number of rotatable bonds is 8. The molecule has 0 bridgehead atoms. The second-order valence-corrected chi connectivity index (χ2v) is 4.97. The largest absolute Gasteiger partial charge is 0.486 e. The maximum Gasteiger partial charge on any atom is 0.404 e. The molecule has 7 heteroatoms. The van der Waals surface area contributed by atoms with Crippen molar-refractivity contribution in [1.29, 1.82) is 0 Å². The zero-order valence-corrected chi connectivity index (χ0v) is 12.8. The molecule has 0 atom stereocenters. The molecule has 0 saturated carbocycles. The van der Waals surface area contributed by atoms with Crippen LogP contribution in [0.2, 0.25) is 0 Å². The second kappa shape index (κ2) is 8.17. The number of unbranched alkanes of at least 4 members (excludes halogenated alkanes) is 1. The van der Waals surface area contributed by atoms with Gasteiger partial charge in [0.15, 0.2) is 11.5 Å². The molecule has 1 heterocycles. The van der Waals surface area contributed by atoms with Gasteiger partial charge in [-0.1, -0.05) is 13.3 Å². The van der Waals surface area contributed by atoms with Crippen molar-refractivity contribution in [2.24, 2.45) is 0 Å². The van der Waals surface area contributed by atoms with E-state index in [0.717, 1.165) is 30.9 Å². The molecule has 2 aromatic rings. The summed E-state index contributed by atoms with van der Waals surface area (Å²) >= 11 is 0. The summed E-state index contributed by atoms with van der Waals surface area (Å²) in [6, 6.07) is 5.12. The molecule has 0 saturated heterocycles. The summed E-state index contributed by atoms with van der Waals surface area (Å²) in [5.41, 5.74) is 1.34. The van der Waals surface area contributed by atoms with Crippen LogP contribution in [0, 0.1) is 0 Å². The van der Waals surface area contributed by atoms with Gasteiger partial charge in [0, 0.05) is 19.0 Å². The van der Waals surface area contributed by atoms with Crippen LogP contribution in [-0.2, 0) is 6.42 Å². The predicted molar refractivity (Wildman–Crippen MR) is 83.3 cm³/mol. The SMILES string of the molecule is CCCCc1nc2ccc(OC/C(F)=C\CNC(=O)O)cc2o1. The van der Waals surface area contributed by atoms with Crippen LogP contribution in [0.25, 0.3) is 11.1 Å². The van der Waals surface area contributed by atoms with Crippen LogP contribution < -0.4 is 10.1 Å². The normalized spacial score (nSPS) is 11.7. The number of benzene rings is 1. The van der Waals surface area contributed by atoms with E-state index in [-0.39, 0.29) is 13.2 Å². The molecule has 1 amide bonds. The van der Waals surface area contributed by atoms with Gasteiger partial charge in [0.2, 0.25) is 0 Å². The van der Waals surface area contributed by atoms with Gasteiger partial charge in [0.25, 0.3) is 0 Å². The van der Waals surface area contributed by atoms with E-state index in [9.17, 15) is 9.18 Å². The molecule has 2 rings (SSSR count). The number of nitrogens with one attached hydrogen (secondary N) is 1. The predicted octanol–water partition coefficient (Wildman–Crippen LogP) is 3.67. The summed E-state index contributed by atoms with van der Waals surface area (Å²) in [6.45, 7) is 1.72. The van der Waals surface area contributed by atoms with Crippen molar-refractivity contribution in [2.75, 3.05) is 13.2 Å². The molecule has 0 radical (unpaired) electrons. The van der Waals surface area contributed by atoms with Crippen molar-refractivity contribution in [1.82, 2.24) is 10.3 Å². The third kappa shape index (κ3) is 5.28. The molecule has 2 N–H and O–H groups in total. The summed E-state index contributed by atoms with van der Waals surface area (Å²) in [5.74, 6) is 0.593. The standard InChI is InChI=1S/C16H19FN2O4/c1-2-3-4-15-19-13-6-5-12(9-14(13)23-15)22-10-11(17)7-8-18-16(20)21/h5-7,9,18H,2-4,8,10H2,1H3,(H,20,21)/b11-7+. The smallest absolute Gasteiger partial charge is 0.404 e. The summed E-state index contributed by atoms with van der Waals surface area (Å²) < 4.78 is 24.4. The minimum absolute atomic E-state index is 0.105. The number of carbonyl (C=O) groups is 1. The first-order chi connectivity index (χ1) is 11.1. The summed E-state index contributed by atoms with van der Waals surface area (Å²) in [4.78, 5) is 14.6. The molecule has 0 fully saturated rings. The van der Waals surface area contributed by atoms with Crippen LogP contribution in [0.1, 0.15) is 25.7 Å². The van der Waals surface area contributed by atoms with Gasteiger partial charge in [0.05, 0.1) is 0 Å². The van der Waals surface area contributed by atoms with Crippen LogP contribution in [-0.4, -0.2) is 29.3 Å². The lowest BCUT2D eigenvalue weighted by molar-refractivity contribution is 0.195. The van der Waals surface area contributed by atoms with Gasteiger partial charge in [-0.3, -0.25) is 0 Å². The number of hydrogen-bond donors (Lipinski definition) is 2. The Morgan fingerprint density at radius 2 is 2.35 bits per heavy atom. The van der Waals surface area contributed by atoms with Gasteiger partial charge in [-0.2, -0.15) is 0 Å². The number of amides is 1. The van der Waals surface area contributed by atoms with Gasteiger partial charge in [-0.25, -0.2) is 14.2 Å². The number of ether oxygens (including phenoxy) is 1. The van der Waals surface area contributed by atoms with E-state index < -0.39 is 11.9 Å². The first kappa shape index (κ1) is 16.8. The zero-order valence-electron chi connectivity index (χ0n) is 12.8. The van der Waals surface area contributed by atoms with E-state index in [0.29, 0.717) is 17.2 Å². The number of halogens is 1. The lowest BCUT2D eigenvalue weighted by Gasteiger charge is -2.04. The Balaban J connectivity index is 1.93. The Hall–Kier alpha value is -2.57. The van der Waals surface area contributed by atoms with Crippen molar-refractivity contribution < 1.29 is 23.4 Å². The van der Waals surface area contributed by atoms with Gasteiger partial charge < -0.3 is 19.6 Å². The lowest BCUT2D eigenvalue weighted by Crippen LogP contribution is -2.20. The van der Waals surface area contributed by atoms with Crippen molar-refractivity contribution >= 4 is 17.2 Å². The molecular formula is C16H19FN2O4. The topological polar surface area (TPSA) is 84.6 Å². The lowest BCUT2D eigenvalue weighted by atomic mass is 10.2. The number of fused-ring (bicyclic) bond motifs is 1. The molecule has 124 valence electrons. The van der Waals surface area contributed by atoms with Crippen LogP contribution in [0.4, 0.5) is 9.18 Å². The van der Waals surface area contributed by atoms with Crippen LogP contribution in [0.5, 0.6) is 5.75 Å². The van der Waals surface area contributed by atoms with Crippen molar-refractivity contribution in [3.8, 4) is 5.75 Å². The first-order valence-electron chi connectivity index (χ1n) is 7.42. The maximum absolute atomic E-state index is 13.5. The van der Waals surface area contributed by atoms with Gasteiger partial charge in [-0.05, 0) is 24.6 Å². The van der Waals surface area contributed by atoms with Gasteiger partial charge >= 0.3 is 6.09 Å². The highest BCUT2D eigenvalue weighted by atomic mass is 19.1. The van der Waals surface area contributed by atoms with E-state index in [1.165, 1.54) is 0 Å². The number of aromatic nitrogens is 1. The van der Waals surface area contributed by atoms with Gasteiger partial charge in [0.1, 0.15) is 23.7 Å². The number of oxazole rings is 1. The monoisotopic (exact) mass is 322 g/mol. The third-order valence-corrected chi connectivity index (χ3v) is 3.10. The fourth-order valence-electron chi connectivity index (χ4n) is 1.94. The summed E-state index contributed by atoms with van der Waals surface area (Å²) in [6.07, 6.45) is 2.77. The average molecular weight is 322 g/mol. The quantitative estimate of drug-likeness (QED) is 0.774. The molecular weight excluding hydrogens is 303 g/mol. The fraction of sp³-hybridized carbons (Fsp3) is 0.375. The minimum atomic E-state index is -1.20. The molecule has 0 aliphatic carbocycles. The molecule has 23 heavy (non-hydrogen) atoms. The fourth-order valence-corrected chi connectivity index (χ4v) is 1.94. The van der Waals surface area contributed by atoms with E-state index >= 15 is 0 Å². The highest BCUT2D eigenvalue weighted by Crippen LogP contribution is 2.22. The number of hydrogen-bond acceptors (Lipinski definition) is 4. The first-order valence-corrected chi connectivity index (χ1v) is 7.42. The Morgan fingerprint density at radius 1 is 1.52 bits per heavy atom. The van der Waals surface area contributed by atoms with Gasteiger partial charge in [-0.15, -0.1) is 0 Å². The van der Waals surface area contributed by atoms with E-state index in [1.54, 1.807) is 18.2 Å². The van der Waals surface area contributed by atoms with E-state index in [4.69, 9.17) is 14.3 Å². The van der Waals surface area contributed by atoms with Crippen LogP contribution in [0.3, 0.4) is 0 Å². The molecule has 1 aromatic carbocycles. The Labute approximate surface area is 133 Å². The van der Waals surface area contributed by atoms with Crippen LogP contribution >= 0.6 is 0 Å². The van der Waals surface area contributed by atoms with Crippen molar-refractivity contribution in [3.05, 3.63) is 36.0 Å². The Bertz CT molecular complexity index is 696. The number of aryl methyl sites for hydroxylation is 1. The average Bonchev–Trinajstić information content (AvgIpc) is 2.92. The highest BCUT2D eigenvalue weighted by molar-refractivity contribution is 5.74. The second-order valence-electron chi connectivity index (χ2n) is 4.97. The number of nitrogens with zero attached hydrogens (tertiary/aromatic N) is 1. The molecule has 0 aliphatic heterocycles. The van der Waals surface area contributed by atoms with Crippen molar-refractivity contribution in [3.63, 3.8) is 0 Å². The minimum Gasteiger partial charge on any atom is -0.486 e. The Morgan fingerprint density at radius 3 is 3.09 bits per heavy atom. The molecule has 0 unspecified atom stereocenters.